The van der Waals surface area contributed by atoms with Gasteiger partial charge in [-0.2, -0.15) is 0 Å². The van der Waals surface area contributed by atoms with Crippen LogP contribution in [0.5, 0.6) is 0 Å². The molecule has 0 aliphatic heterocycles. The zero-order valence-corrected chi connectivity index (χ0v) is 53.2. The van der Waals surface area contributed by atoms with Gasteiger partial charge in [0, 0.05) is 51.2 Å². The van der Waals surface area contributed by atoms with Crippen LogP contribution in [-0.4, -0.2) is 0 Å². The number of hydrogen-bond acceptors (Lipinski definition) is 3. The molecule has 18 aromatic rings. The van der Waals surface area contributed by atoms with E-state index in [0.29, 0.717) is 0 Å². The van der Waals surface area contributed by atoms with Crippen molar-refractivity contribution < 1.29 is 0 Å². The van der Waals surface area contributed by atoms with Gasteiger partial charge in [-0.25, -0.2) is 0 Å². The molecule has 0 spiro atoms. The molecule has 454 valence electrons. The minimum Gasteiger partial charge on any atom is -0.310 e. The van der Waals surface area contributed by atoms with E-state index in [-0.39, 0.29) is 0 Å². The van der Waals surface area contributed by atoms with Crippen molar-refractivity contribution in [2.24, 2.45) is 0 Å². The van der Waals surface area contributed by atoms with Gasteiger partial charge in [0.05, 0.1) is 0 Å². The maximum absolute atomic E-state index is 2.50. The highest BCUT2D eigenvalue weighted by atomic mass is 15.2. The average Bonchev–Trinajstić information content (AvgIpc) is 0.708. The van der Waals surface area contributed by atoms with Crippen LogP contribution in [0.1, 0.15) is 0 Å². The predicted octanol–water partition coefficient (Wildman–Crippen LogP) is 26.8. The van der Waals surface area contributed by atoms with E-state index < -0.39 is 0 Å². The van der Waals surface area contributed by atoms with Gasteiger partial charge < -0.3 is 14.7 Å². The summed E-state index contributed by atoms with van der Waals surface area (Å²) in [7, 11) is 0. The maximum Gasteiger partial charge on any atom is 0.0468 e. The number of nitrogens with zero attached hydrogens (tertiary/aromatic N) is 3. The van der Waals surface area contributed by atoms with Gasteiger partial charge >= 0.3 is 0 Å². The Labute approximate surface area is 564 Å². The van der Waals surface area contributed by atoms with Crippen LogP contribution in [0.15, 0.2) is 382 Å². The number of benzene rings is 18. The zero-order valence-electron chi connectivity index (χ0n) is 53.2. The van der Waals surface area contributed by atoms with Gasteiger partial charge in [0.1, 0.15) is 0 Å². The summed E-state index contributed by atoms with van der Waals surface area (Å²) in [5.41, 5.74) is 18.9. The minimum absolute atomic E-state index is 1.07. The molecule has 18 aromatic carbocycles. The molecule has 18 rings (SSSR count). The molecule has 0 radical (unpaired) electrons. The smallest absolute Gasteiger partial charge is 0.0468 e. The van der Waals surface area contributed by atoms with E-state index in [1.807, 2.05) is 0 Å². The van der Waals surface area contributed by atoms with Crippen LogP contribution >= 0.6 is 0 Å². The van der Waals surface area contributed by atoms with Crippen LogP contribution in [-0.2, 0) is 0 Å². The molecule has 0 bridgehead atoms. The molecular weight excluding hydrogens is 1170 g/mol. The molecule has 0 fully saturated rings. The first-order valence-corrected chi connectivity index (χ1v) is 33.4. The van der Waals surface area contributed by atoms with Crippen LogP contribution in [0.2, 0.25) is 0 Å². The van der Waals surface area contributed by atoms with Gasteiger partial charge in [-0.1, -0.05) is 255 Å². The molecule has 3 nitrogen and oxygen atoms in total. The fourth-order valence-corrected chi connectivity index (χ4v) is 14.8. The number of para-hydroxylation sites is 3. The second kappa shape index (κ2) is 24.3. The first-order chi connectivity index (χ1) is 48.1. The molecule has 0 saturated carbocycles. The van der Waals surface area contributed by atoms with Crippen molar-refractivity contribution in [1.82, 2.24) is 0 Å². The van der Waals surface area contributed by atoms with Crippen molar-refractivity contribution in [3.63, 3.8) is 0 Å². The van der Waals surface area contributed by atoms with Crippen molar-refractivity contribution >= 4 is 127 Å². The molecule has 0 saturated heterocycles. The van der Waals surface area contributed by atoms with E-state index in [1.165, 1.54) is 81.1 Å². The van der Waals surface area contributed by atoms with Gasteiger partial charge in [0.2, 0.25) is 0 Å². The van der Waals surface area contributed by atoms with E-state index in [9.17, 15) is 0 Å². The third-order valence-electron chi connectivity index (χ3n) is 19.5. The summed E-state index contributed by atoms with van der Waals surface area (Å²) in [6, 6.07) is 141. The topological polar surface area (TPSA) is 9.72 Å². The fraction of sp³-hybridized carbons (Fsp3) is 0. The molecule has 0 unspecified atom stereocenters. The number of rotatable bonds is 13. The van der Waals surface area contributed by atoms with Gasteiger partial charge in [0.15, 0.2) is 0 Å². The predicted molar refractivity (Wildman–Crippen MR) is 415 cm³/mol. The highest BCUT2D eigenvalue weighted by Crippen LogP contribution is 2.52. The van der Waals surface area contributed by atoms with E-state index in [0.717, 1.165) is 90.0 Å². The molecule has 0 amide bonds. The van der Waals surface area contributed by atoms with Gasteiger partial charge in [-0.15, -0.1) is 0 Å². The lowest BCUT2D eigenvalue weighted by Crippen LogP contribution is -2.10. The molecule has 0 aliphatic rings. The van der Waals surface area contributed by atoms with Gasteiger partial charge in [0.25, 0.3) is 0 Å². The van der Waals surface area contributed by atoms with Crippen molar-refractivity contribution in [3.8, 4) is 44.5 Å². The van der Waals surface area contributed by atoms with Crippen molar-refractivity contribution in [1.29, 1.82) is 0 Å². The lowest BCUT2D eigenvalue weighted by molar-refractivity contribution is 1.29. The molecule has 0 atom stereocenters. The Hall–Kier alpha value is -12.8. The Morgan fingerprint density at radius 3 is 0.928 bits per heavy atom. The summed E-state index contributed by atoms with van der Waals surface area (Å²) in [6.45, 7) is 0. The molecule has 97 heavy (non-hydrogen) atoms. The molecular formula is C94H63N3. The highest BCUT2D eigenvalue weighted by Gasteiger charge is 2.25. The first-order valence-electron chi connectivity index (χ1n) is 33.4. The Balaban J connectivity index is 0.918. The summed E-state index contributed by atoms with van der Waals surface area (Å²) >= 11 is 0. The van der Waals surface area contributed by atoms with Crippen molar-refractivity contribution in [2.45, 2.75) is 0 Å². The Morgan fingerprint density at radius 1 is 0.144 bits per heavy atom. The van der Waals surface area contributed by atoms with E-state index in [2.05, 4.69) is 397 Å². The molecule has 0 heterocycles. The summed E-state index contributed by atoms with van der Waals surface area (Å²) in [5, 5.41) is 16.7. The van der Waals surface area contributed by atoms with Crippen molar-refractivity contribution in [2.75, 3.05) is 14.7 Å². The SMILES string of the molecule is c1ccc(-c2cc(-c3ccc(N(c4ccc5ccccc5c4)c4ccc5ccccc5c4)cc3)c3c4ccc(-c5ccc6ccccc6c5)cc4c4cc(N(c5ccccc5)c5ccccc5)ccc4c3c2-c2ccc(N(c3ccccc3)c3ccc4ccccc4c3)cc2)cc1. The number of fused-ring (bicyclic) bond motifs is 10. The van der Waals surface area contributed by atoms with E-state index in [1.54, 1.807) is 0 Å². The lowest BCUT2D eigenvalue weighted by atomic mass is 9.81. The van der Waals surface area contributed by atoms with Crippen LogP contribution in [0, 0.1) is 0 Å². The third-order valence-corrected chi connectivity index (χ3v) is 19.5. The van der Waals surface area contributed by atoms with Crippen molar-refractivity contribution in [3.05, 3.63) is 382 Å². The standard InChI is InChI=1S/C94H63N3/c1-5-25-68(26-6-1)88-63-89(69-42-47-81(48-43-69)97(83-52-40-66-23-15-19-29-73(66)59-83)84-53-41-67-24-16-20-30-74(67)60-84)93-86-55-46-76(75-38-37-64-21-13-17-27-71(64)57-75)61-90(86)91-62-85(95(77-31-7-2-8-32-77)78-33-9-3-10-34-78)54-56-87(91)94(93)92(88)70-44-49-80(50-45-70)96(79-35-11-4-12-36-79)82-51-39-65-22-14-18-28-72(65)58-82/h1-63H. The zero-order chi connectivity index (χ0) is 64.2. The summed E-state index contributed by atoms with van der Waals surface area (Å²) in [4.78, 5) is 7.18. The second-order valence-electron chi connectivity index (χ2n) is 25.2. The van der Waals surface area contributed by atoms with E-state index in [4.69, 9.17) is 0 Å². The maximum atomic E-state index is 2.50. The molecule has 0 N–H and O–H groups in total. The van der Waals surface area contributed by atoms with Crippen LogP contribution in [0.4, 0.5) is 51.2 Å². The third kappa shape index (κ3) is 10.4. The van der Waals surface area contributed by atoms with Gasteiger partial charge in [-0.05, 0) is 247 Å². The van der Waals surface area contributed by atoms with E-state index >= 15 is 0 Å². The van der Waals surface area contributed by atoms with Crippen LogP contribution in [0.25, 0.3) is 120 Å². The second-order valence-corrected chi connectivity index (χ2v) is 25.2. The largest absolute Gasteiger partial charge is 0.310 e. The Kier molecular flexibility index (Phi) is 14.2. The average molecular weight is 1230 g/mol. The Morgan fingerprint density at radius 2 is 0.443 bits per heavy atom. The van der Waals surface area contributed by atoms with Crippen LogP contribution < -0.4 is 14.7 Å². The lowest BCUT2D eigenvalue weighted by Gasteiger charge is -2.28. The minimum atomic E-state index is 1.07. The first kappa shape index (κ1) is 56.9. The number of anilines is 9. The van der Waals surface area contributed by atoms with Gasteiger partial charge in [-0.3, -0.25) is 0 Å². The summed E-state index contributed by atoms with van der Waals surface area (Å²) < 4.78 is 0. The summed E-state index contributed by atoms with van der Waals surface area (Å²) in [6.07, 6.45) is 0. The Bertz CT molecular complexity index is 5870. The molecule has 0 aromatic heterocycles. The highest BCUT2D eigenvalue weighted by molar-refractivity contribution is 6.33. The monoisotopic (exact) mass is 1230 g/mol. The molecule has 0 aliphatic carbocycles. The molecule has 3 heteroatoms. The summed E-state index contributed by atoms with van der Waals surface area (Å²) in [5.74, 6) is 0. The fourth-order valence-electron chi connectivity index (χ4n) is 14.8. The number of hydrogen-bond donors (Lipinski definition) is 0. The quantitative estimate of drug-likeness (QED) is 0.107. The van der Waals surface area contributed by atoms with Crippen LogP contribution in [0.3, 0.4) is 0 Å². The normalized spacial score (nSPS) is 11.5.